The summed E-state index contributed by atoms with van der Waals surface area (Å²) in [6.07, 6.45) is 4.49. The standard InChI is InChI=1S/C12H16N4/c1-3-9-6-10(9)13-12-14-11-5-4-8(2)7-16(11)15-12/h4-5,7,9-10H,3,6H2,1-2H3,(H,13,15). The highest BCUT2D eigenvalue weighted by atomic mass is 15.4. The van der Waals surface area contributed by atoms with Gasteiger partial charge in [0.2, 0.25) is 5.95 Å². The van der Waals surface area contributed by atoms with Crippen LogP contribution in [-0.4, -0.2) is 20.6 Å². The summed E-state index contributed by atoms with van der Waals surface area (Å²) in [5.74, 6) is 1.57. The van der Waals surface area contributed by atoms with Crippen molar-refractivity contribution in [3.05, 3.63) is 23.9 Å². The zero-order valence-corrected chi connectivity index (χ0v) is 9.64. The molecule has 84 valence electrons. The number of aromatic nitrogens is 3. The van der Waals surface area contributed by atoms with Crippen LogP contribution in [0.25, 0.3) is 5.65 Å². The van der Waals surface area contributed by atoms with E-state index in [0.29, 0.717) is 6.04 Å². The predicted molar refractivity (Wildman–Crippen MR) is 63.5 cm³/mol. The van der Waals surface area contributed by atoms with Crippen molar-refractivity contribution in [2.45, 2.75) is 32.7 Å². The van der Waals surface area contributed by atoms with Gasteiger partial charge in [0.05, 0.1) is 0 Å². The fourth-order valence-corrected chi connectivity index (χ4v) is 2.09. The number of nitrogens with zero attached hydrogens (tertiary/aromatic N) is 3. The highest BCUT2D eigenvalue weighted by Gasteiger charge is 2.35. The van der Waals surface area contributed by atoms with Crippen LogP contribution in [0.4, 0.5) is 5.95 Å². The van der Waals surface area contributed by atoms with Crippen LogP contribution < -0.4 is 5.32 Å². The molecule has 0 saturated heterocycles. The Kier molecular flexibility index (Phi) is 2.09. The molecule has 4 nitrogen and oxygen atoms in total. The lowest BCUT2D eigenvalue weighted by Crippen LogP contribution is -2.05. The second-order valence-electron chi connectivity index (χ2n) is 4.60. The molecule has 2 aromatic rings. The van der Waals surface area contributed by atoms with Crippen molar-refractivity contribution >= 4 is 11.6 Å². The Morgan fingerprint density at radius 2 is 2.38 bits per heavy atom. The fourth-order valence-electron chi connectivity index (χ4n) is 2.09. The van der Waals surface area contributed by atoms with Gasteiger partial charge in [0.15, 0.2) is 5.65 Å². The van der Waals surface area contributed by atoms with E-state index in [4.69, 9.17) is 0 Å². The van der Waals surface area contributed by atoms with Crippen LogP contribution in [-0.2, 0) is 0 Å². The SMILES string of the molecule is CCC1CC1Nc1nc2ccc(C)cn2n1. The number of nitrogens with one attached hydrogen (secondary N) is 1. The maximum absolute atomic E-state index is 4.44. The van der Waals surface area contributed by atoms with Gasteiger partial charge in [0, 0.05) is 12.2 Å². The molecule has 0 aliphatic heterocycles. The van der Waals surface area contributed by atoms with E-state index in [0.717, 1.165) is 17.5 Å². The summed E-state index contributed by atoms with van der Waals surface area (Å²) in [6, 6.07) is 4.64. The summed E-state index contributed by atoms with van der Waals surface area (Å²) < 4.78 is 1.83. The highest BCUT2D eigenvalue weighted by Crippen LogP contribution is 2.35. The minimum absolute atomic E-state index is 0.587. The molecule has 16 heavy (non-hydrogen) atoms. The van der Waals surface area contributed by atoms with Crippen molar-refractivity contribution < 1.29 is 0 Å². The molecular weight excluding hydrogens is 200 g/mol. The summed E-state index contributed by atoms with van der Waals surface area (Å²) in [6.45, 7) is 4.29. The monoisotopic (exact) mass is 216 g/mol. The van der Waals surface area contributed by atoms with Crippen LogP contribution in [0.1, 0.15) is 25.3 Å². The molecule has 1 aliphatic rings. The van der Waals surface area contributed by atoms with Crippen LogP contribution in [0, 0.1) is 12.8 Å². The van der Waals surface area contributed by atoms with Crippen molar-refractivity contribution in [2.24, 2.45) is 5.92 Å². The third-order valence-corrected chi connectivity index (χ3v) is 3.24. The van der Waals surface area contributed by atoms with Gasteiger partial charge in [-0.1, -0.05) is 19.4 Å². The van der Waals surface area contributed by atoms with Gasteiger partial charge in [0.1, 0.15) is 0 Å². The number of pyridine rings is 1. The lowest BCUT2D eigenvalue weighted by atomic mass is 10.3. The van der Waals surface area contributed by atoms with E-state index in [9.17, 15) is 0 Å². The van der Waals surface area contributed by atoms with Crippen molar-refractivity contribution in [1.29, 1.82) is 0 Å². The molecule has 1 saturated carbocycles. The van der Waals surface area contributed by atoms with Crippen molar-refractivity contribution in [3.8, 4) is 0 Å². The molecule has 2 atom stereocenters. The maximum Gasteiger partial charge on any atom is 0.243 e. The smallest absolute Gasteiger partial charge is 0.243 e. The van der Waals surface area contributed by atoms with E-state index in [1.54, 1.807) is 0 Å². The molecule has 3 rings (SSSR count). The van der Waals surface area contributed by atoms with Gasteiger partial charge in [-0.25, -0.2) is 4.52 Å². The number of hydrogen-bond donors (Lipinski definition) is 1. The largest absolute Gasteiger partial charge is 0.350 e. The van der Waals surface area contributed by atoms with E-state index in [1.165, 1.54) is 18.4 Å². The molecule has 0 aromatic carbocycles. The van der Waals surface area contributed by atoms with Gasteiger partial charge in [0.25, 0.3) is 0 Å². The molecule has 0 spiro atoms. The molecule has 2 aromatic heterocycles. The van der Waals surface area contributed by atoms with Crippen molar-refractivity contribution in [2.75, 3.05) is 5.32 Å². The Bertz CT molecular complexity index is 517. The fraction of sp³-hybridized carbons (Fsp3) is 0.500. The van der Waals surface area contributed by atoms with Crippen LogP contribution in [0.3, 0.4) is 0 Å². The van der Waals surface area contributed by atoms with Crippen LogP contribution in [0.5, 0.6) is 0 Å². The summed E-state index contributed by atoms with van der Waals surface area (Å²) in [5.41, 5.74) is 2.10. The predicted octanol–water partition coefficient (Wildman–Crippen LogP) is 2.25. The molecule has 0 radical (unpaired) electrons. The van der Waals surface area contributed by atoms with Crippen LogP contribution in [0.15, 0.2) is 18.3 Å². The second kappa shape index (κ2) is 3.47. The molecule has 2 unspecified atom stereocenters. The first kappa shape index (κ1) is 9.63. The number of rotatable bonds is 3. The minimum Gasteiger partial charge on any atom is -0.350 e. The number of hydrogen-bond acceptors (Lipinski definition) is 3. The van der Waals surface area contributed by atoms with Gasteiger partial charge in [-0.3, -0.25) is 0 Å². The first-order valence-electron chi connectivity index (χ1n) is 5.86. The summed E-state index contributed by atoms with van der Waals surface area (Å²) in [5, 5.41) is 7.80. The molecule has 0 bridgehead atoms. The van der Waals surface area contributed by atoms with E-state index >= 15 is 0 Å². The molecule has 1 aliphatic carbocycles. The molecule has 1 fully saturated rings. The van der Waals surface area contributed by atoms with Gasteiger partial charge in [-0.15, -0.1) is 5.10 Å². The number of fused-ring (bicyclic) bond motifs is 1. The van der Waals surface area contributed by atoms with Gasteiger partial charge >= 0.3 is 0 Å². The zero-order valence-electron chi connectivity index (χ0n) is 9.64. The lowest BCUT2D eigenvalue weighted by Gasteiger charge is -1.97. The van der Waals surface area contributed by atoms with Crippen LogP contribution >= 0.6 is 0 Å². The molecular formula is C12H16N4. The van der Waals surface area contributed by atoms with Gasteiger partial charge < -0.3 is 5.32 Å². The third-order valence-electron chi connectivity index (χ3n) is 3.24. The third kappa shape index (κ3) is 1.64. The van der Waals surface area contributed by atoms with E-state index in [1.807, 2.05) is 16.8 Å². The topological polar surface area (TPSA) is 42.2 Å². The minimum atomic E-state index is 0.587. The van der Waals surface area contributed by atoms with E-state index in [-0.39, 0.29) is 0 Å². The summed E-state index contributed by atoms with van der Waals surface area (Å²) in [4.78, 5) is 4.44. The maximum atomic E-state index is 4.44. The van der Waals surface area contributed by atoms with Gasteiger partial charge in [-0.05, 0) is 30.9 Å². The van der Waals surface area contributed by atoms with Gasteiger partial charge in [-0.2, -0.15) is 4.98 Å². The Morgan fingerprint density at radius 3 is 3.12 bits per heavy atom. The van der Waals surface area contributed by atoms with Crippen LogP contribution in [0.2, 0.25) is 0 Å². The summed E-state index contributed by atoms with van der Waals surface area (Å²) >= 11 is 0. The van der Waals surface area contributed by atoms with Crippen molar-refractivity contribution in [3.63, 3.8) is 0 Å². The molecule has 0 amide bonds. The average molecular weight is 216 g/mol. The Balaban J connectivity index is 1.83. The molecule has 2 heterocycles. The van der Waals surface area contributed by atoms with Crippen molar-refractivity contribution in [1.82, 2.24) is 14.6 Å². The molecule has 1 N–H and O–H groups in total. The van der Waals surface area contributed by atoms with E-state index in [2.05, 4.69) is 35.3 Å². The van der Waals surface area contributed by atoms with E-state index < -0.39 is 0 Å². The average Bonchev–Trinajstić information content (AvgIpc) is 2.88. The number of anilines is 1. The lowest BCUT2D eigenvalue weighted by molar-refractivity contribution is 0.771. The summed E-state index contributed by atoms with van der Waals surface area (Å²) in [7, 11) is 0. The Morgan fingerprint density at radius 1 is 1.50 bits per heavy atom. The first-order valence-corrected chi connectivity index (χ1v) is 5.86. The first-order chi connectivity index (χ1) is 7.76. The zero-order chi connectivity index (χ0) is 11.1. The number of aryl methyl sites for hydroxylation is 1. The normalized spacial score (nSPS) is 23.6. The quantitative estimate of drug-likeness (QED) is 0.855. The Labute approximate surface area is 94.7 Å². The Hall–Kier alpha value is -1.58. The second-order valence-corrected chi connectivity index (χ2v) is 4.60. The highest BCUT2D eigenvalue weighted by molar-refractivity contribution is 5.45. The molecule has 4 heteroatoms.